The summed E-state index contributed by atoms with van der Waals surface area (Å²) in [5.41, 5.74) is 7.87. The number of nitrogens with two attached hydrogens (primary N) is 2. The van der Waals surface area contributed by atoms with Crippen LogP contribution in [0.4, 0.5) is 10.1 Å². The van der Waals surface area contributed by atoms with Crippen molar-refractivity contribution in [2.24, 2.45) is 16.6 Å². The molecule has 0 bridgehead atoms. The van der Waals surface area contributed by atoms with Crippen LogP contribution in [0.3, 0.4) is 0 Å². The van der Waals surface area contributed by atoms with Gasteiger partial charge in [0.2, 0.25) is 0 Å². The Balaban J connectivity index is 0.000000519. The third kappa shape index (κ3) is 8.13. The van der Waals surface area contributed by atoms with Gasteiger partial charge in [-0.05, 0) is 37.3 Å². The number of hydrogen-bond donors (Lipinski definition) is 3. The molecule has 0 spiro atoms. The Hall–Kier alpha value is -2.74. The fourth-order valence-corrected chi connectivity index (χ4v) is 3.26. The van der Waals surface area contributed by atoms with E-state index in [0.29, 0.717) is 21.6 Å². The van der Waals surface area contributed by atoms with Crippen molar-refractivity contribution in [3.63, 3.8) is 0 Å². The first kappa shape index (κ1) is 26.3. The lowest BCUT2D eigenvalue weighted by Gasteiger charge is -2.32. The summed E-state index contributed by atoms with van der Waals surface area (Å²) in [7, 11) is 1.69. The normalized spacial score (nSPS) is 15.2. The van der Waals surface area contributed by atoms with Crippen molar-refractivity contribution in [1.29, 1.82) is 0 Å². The van der Waals surface area contributed by atoms with Crippen LogP contribution in [0.25, 0.3) is 0 Å². The molecule has 5 nitrogen and oxygen atoms in total. The standard InChI is InChI=1S/C16H16FN5S.C5H8.C2H5Cl/c1-20-15-12-7-2-3-8-13(12)22(19)16(21-15)14(18)23-11-6-4-5-10(17)9-11;1-3-5-4-2;1-2-3/h2-9H,18-19H2,1H3,(H,20,21);3-5H,1H2,2H3;2H2,1H3/b16-14+;5-4-;. The number of benzene rings is 2. The fourth-order valence-electron chi connectivity index (χ4n) is 2.44. The van der Waals surface area contributed by atoms with Gasteiger partial charge in [-0.3, -0.25) is 10.0 Å². The van der Waals surface area contributed by atoms with Gasteiger partial charge in [0.25, 0.3) is 0 Å². The number of allylic oxidation sites excluding steroid dienone is 3. The Morgan fingerprint density at radius 3 is 2.52 bits per heavy atom. The molecule has 2 aromatic carbocycles. The summed E-state index contributed by atoms with van der Waals surface area (Å²) in [6.07, 6.45) is 5.58. The Kier molecular flexibility index (Phi) is 12.1. The smallest absolute Gasteiger partial charge is 0.157 e. The zero-order chi connectivity index (χ0) is 23.2. The van der Waals surface area contributed by atoms with Crippen LogP contribution in [-0.4, -0.2) is 18.8 Å². The average molecular weight is 462 g/mol. The quantitative estimate of drug-likeness (QED) is 0.248. The first-order valence-electron chi connectivity index (χ1n) is 9.54. The summed E-state index contributed by atoms with van der Waals surface area (Å²) in [6, 6.07) is 13.9. The van der Waals surface area contributed by atoms with Crippen LogP contribution >= 0.6 is 23.4 Å². The number of anilines is 1. The Morgan fingerprint density at radius 1 is 1.29 bits per heavy atom. The summed E-state index contributed by atoms with van der Waals surface area (Å²) in [5.74, 6) is 7.79. The monoisotopic (exact) mass is 461 g/mol. The zero-order valence-corrected chi connectivity index (χ0v) is 19.6. The van der Waals surface area contributed by atoms with E-state index < -0.39 is 0 Å². The van der Waals surface area contributed by atoms with Crippen LogP contribution in [0, 0.1) is 5.82 Å². The number of thioether (sulfide) groups is 1. The highest BCUT2D eigenvalue weighted by Gasteiger charge is 2.25. The Bertz CT molecular complexity index is 943. The number of nitrogens with zero attached hydrogens (tertiary/aromatic N) is 2. The lowest BCUT2D eigenvalue weighted by Crippen LogP contribution is -2.46. The molecule has 1 heterocycles. The van der Waals surface area contributed by atoms with E-state index in [0.717, 1.165) is 17.1 Å². The highest BCUT2D eigenvalue weighted by Crippen LogP contribution is 2.31. The van der Waals surface area contributed by atoms with Crippen LogP contribution in [0.5, 0.6) is 0 Å². The van der Waals surface area contributed by atoms with Crippen molar-refractivity contribution in [3.05, 3.63) is 95.6 Å². The average Bonchev–Trinajstić information content (AvgIpc) is 2.76. The molecular weight excluding hydrogens is 433 g/mol. The van der Waals surface area contributed by atoms with Crippen LogP contribution in [0.1, 0.15) is 19.4 Å². The first-order chi connectivity index (χ1) is 14.9. The molecule has 2 aromatic rings. The number of alkyl halides is 1. The molecule has 8 heteroatoms. The maximum Gasteiger partial charge on any atom is 0.157 e. The van der Waals surface area contributed by atoms with E-state index in [1.807, 2.05) is 50.3 Å². The van der Waals surface area contributed by atoms with E-state index in [-0.39, 0.29) is 5.82 Å². The fraction of sp³-hybridized carbons (Fsp3) is 0.174. The lowest BCUT2D eigenvalue weighted by molar-refractivity contribution is 0.624. The van der Waals surface area contributed by atoms with E-state index in [2.05, 4.69) is 16.9 Å². The second-order valence-corrected chi connectivity index (χ2v) is 7.54. The Labute approximate surface area is 193 Å². The summed E-state index contributed by atoms with van der Waals surface area (Å²) < 4.78 is 13.3. The van der Waals surface area contributed by atoms with Gasteiger partial charge in [0.15, 0.2) is 5.82 Å². The first-order valence-corrected chi connectivity index (χ1v) is 10.9. The molecule has 3 rings (SSSR count). The molecule has 0 amide bonds. The van der Waals surface area contributed by atoms with Gasteiger partial charge in [0, 0.05) is 23.4 Å². The predicted molar refractivity (Wildman–Crippen MR) is 134 cm³/mol. The van der Waals surface area contributed by atoms with Crippen molar-refractivity contribution in [2.75, 3.05) is 17.9 Å². The van der Waals surface area contributed by atoms with Crippen LogP contribution in [0.2, 0.25) is 0 Å². The summed E-state index contributed by atoms with van der Waals surface area (Å²) in [5, 5.41) is 5.04. The minimum atomic E-state index is -0.310. The maximum atomic E-state index is 13.3. The molecule has 1 aliphatic heterocycles. The van der Waals surface area contributed by atoms with Crippen molar-refractivity contribution < 1.29 is 4.39 Å². The molecule has 0 aromatic heterocycles. The summed E-state index contributed by atoms with van der Waals surface area (Å²) >= 11 is 6.23. The molecule has 0 saturated carbocycles. The number of nitrogens with one attached hydrogen (secondary N) is 1. The molecule has 0 aliphatic carbocycles. The van der Waals surface area contributed by atoms with Crippen LogP contribution in [0.15, 0.2) is 94.1 Å². The topological polar surface area (TPSA) is 79.7 Å². The van der Waals surface area contributed by atoms with Gasteiger partial charge in [-0.1, -0.05) is 61.7 Å². The highest BCUT2D eigenvalue weighted by atomic mass is 35.5. The molecule has 5 N–H and O–H groups in total. The second-order valence-electron chi connectivity index (χ2n) is 5.89. The number of hydrazine groups is 1. The zero-order valence-electron chi connectivity index (χ0n) is 18.0. The molecule has 0 fully saturated rings. The van der Waals surface area contributed by atoms with Gasteiger partial charge < -0.3 is 11.1 Å². The number of rotatable bonds is 3. The third-order valence-corrected chi connectivity index (χ3v) is 4.61. The van der Waals surface area contributed by atoms with Crippen molar-refractivity contribution in [2.45, 2.75) is 18.7 Å². The van der Waals surface area contributed by atoms with Crippen LogP contribution in [-0.2, 0) is 0 Å². The number of amidine groups is 1. The van der Waals surface area contributed by atoms with Gasteiger partial charge in [0.1, 0.15) is 16.7 Å². The molecule has 1 aliphatic rings. The van der Waals surface area contributed by atoms with Gasteiger partial charge >= 0.3 is 0 Å². The second kappa shape index (κ2) is 14.3. The molecular formula is C23H29ClFN5S. The largest absolute Gasteiger partial charge is 0.390 e. The number of fused-ring (bicyclic) bond motifs is 1. The van der Waals surface area contributed by atoms with Gasteiger partial charge in [0.05, 0.1) is 5.69 Å². The SMILES string of the molecule is C=C/C=C\C.CCCl.CN=C1N/C(=C(/N)Sc2cccc(F)c2)N(N)c2ccccc21. The maximum absolute atomic E-state index is 13.3. The molecule has 0 saturated heterocycles. The molecule has 166 valence electrons. The van der Waals surface area contributed by atoms with E-state index in [9.17, 15) is 4.39 Å². The van der Waals surface area contributed by atoms with Gasteiger partial charge in [-0.15, -0.1) is 11.6 Å². The number of hydrogen-bond acceptors (Lipinski definition) is 5. The lowest BCUT2D eigenvalue weighted by atomic mass is 10.1. The minimum Gasteiger partial charge on any atom is -0.390 e. The number of halogens is 2. The van der Waals surface area contributed by atoms with Gasteiger partial charge in [-0.25, -0.2) is 10.2 Å². The highest BCUT2D eigenvalue weighted by molar-refractivity contribution is 8.03. The van der Waals surface area contributed by atoms with E-state index >= 15 is 0 Å². The molecule has 0 unspecified atom stereocenters. The van der Waals surface area contributed by atoms with E-state index in [1.54, 1.807) is 25.3 Å². The minimum absolute atomic E-state index is 0.310. The van der Waals surface area contributed by atoms with Gasteiger partial charge in [-0.2, -0.15) is 0 Å². The molecule has 0 radical (unpaired) electrons. The predicted octanol–water partition coefficient (Wildman–Crippen LogP) is 5.36. The third-order valence-electron chi connectivity index (χ3n) is 3.71. The Morgan fingerprint density at radius 2 is 1.97 bits per heavy atom. The van der Waals surface area contributed by atoms with Crippen molar-refractivity contribution in [1.82, 2.24) is 5.32 Å². The molecule has 0 atom stereocenters. The number of aliphatic imine (C=N–C) groups is 1. The summed E-state index contributed by atoms with van der Waals surface area (Å²) in [6.45, 7) is 7.31. The van der Waals surface area contributed by atoms with E-state index in [4.69, 9.17) is 23.2 Å². The summed E-state index contributed by atoms with van der Waals surface area (Å²) in [4.78, 5) is 4.93. The van der Waals surface area contributed by atoms with Crippen molar-refractivity contribution in [3.8, 4) is 0 Å². The van der Waals surface area contributed by atoms with Crippen LogP contribution < -0.4 is 21.9 Å². The van der Waals surface area contributed by atoms with Crippen molar-refractivity contribution >= 4 is 34.9 Å². The number of para-hydroxylation sites is 1. The molecule has 31 heavy (non-hydrogen) atoms. The van der Waals surface area contributed by atoms with E-state index in [1.165, 1.54) is 28.9 Å².